The Morgan fingerprint density at radius 3 is 2.16 bits per heavy atom. The third-order valence-corrected chi connectivity index (χ3v) is 9.10. The number of benzene rings is 2. The van der Waals surface area contributed by atoms with E-state index in [1.165, 1.54) is 39.9 Å². The van der Waals surface area contributed by atoms with Gasteiger partial charge in [0.2, 0.25) is 10.0 Å². The highest BCUT2D eigenvalue weighted by Gasteiger charge is 2.25. The van der Waals surface area contributed by atoms with Crippen molar-refractivity contribution < 1.29 is 13.2 Å². The third-order valence-electron chi connectivity index (χ3n) is 6.23. The molecular formula is C28H37ClN4O3S2. The number of anilines is 1. The first kappa shape index (κ1) is 31.7. The molecular weight excluding hydrogens is 540 g/mol. The lowest BCUT2D eigenvalue weighted by atomic mass is 10.1. The van der Waals surface area contributed by atoms with Crippen LogP contribution < -0.4 is 4.90 Å². The number of hydrogen-bond donors (Lipinski definition) is 0. The summed E-state index contributed by atoms with van der Waals surface area (Å²) in [6, 6.07) is 10.3. The molecule has 1 aromatic heterocycles. The smallest absolute Gasteiger partial charge is 0.260 e. The molecule has 0 spiro atoms. The zero-order valence-corrected chi connectivity index (χ0v) is 25.0. The molecule has 0 atom stereocenters. The fraction of sp³-hybridized carbons (Fsp3) is 0.357. The fourth-order valence-corrected chi connectivity index (χ4v) is 6.72. The Kier molecular flexibility index (Phi) is 11.7. The van der Waals surface area contributed by atoms with Crippen LogP contribution in [-0.4, -0.2) is 67.8 Å². The number of carbonyl (C=O) groups is 1. The van der Waals surface area contributed by atoms with E-state index in [9.17, 15) is 13.2 Å². The second-order valence-corrected chi connectivity index (χ2v) is 11.8. The maximum absolute atomic E-state index is 13.8. The molecule has 7 nitrogen and oxygen atoms in total. The summed E-state index contributed by atoms with van der Waals surface area (Å²) in [5.74, 6) is -0.210. The first-order valence-electron chi connectivity index (χ1n) is 12.4. The lowest BCUT2D eigenvalue weighted by molar-refractivity contribution is 0.0983. The molecule has 0 N–H and O–H groups in total. The van der Waals surface area contributed by atoms with Crippen LogP contribution in [0.5, 0.6) is 0 Å². The molecule has 0 aliphatic carbocycles. The number of amides is 1. The van der Waals surface area contributed by atoms with Crippen molar-refractivity contribution in [2.24, 2.45) is 0 Å². The predicted octanol–water partition coefficient (Wildman–Crippen LogP) is 5.69. The minimum atomic E-state index is -3.75. The van der Waals surface area contributed by atoms with Crippen LogP contribution in [0, 0.1) is 13.8 Å². The summed E-state index contributed by atoms with van der Waals surface area (Å²) >= 11 is 1.50. The topological polar surface area (TPSA) is 73.8 Å². The van der Waals surface area contributed by atoms with E-state index in [0.717, 1.165) is 34.4 Å². The lowest BCUT2D eigenvalue weighted by Crippen LogP contribution is -2.39. The summed E-state index contributed by atoms with van der Waals surface area (Å²) in [6.45, 7) is 18.9. The van der Waals surface area contributed by atoms with Crippen molar-refractivity contribution >= 4 is 55.0 Å². The van der Waals surface area contributed by atoms with Crippen molar-refractivity contribution in [3.63, 3.8) is 0 Å². The number of likely N-dealkylation sites (N-methyl/N-ethyl adjacent to an activating group) is 1. The predicted molar refractivity (Wildman–Crippen MR) is 161 cm³/mol. The molecule has 206 valence electrons. The molecule has 0 bridgehead atoms. The first-order valence-corrected chi connectivity index (χ1v) is 14.7. The highest BCUT2D eigenvalue weighted by Crippen LogP contribution is 2.32. The van der Waals surface area contributed by atoms with Gasteiger partial charge in [0.15, 0.2) is 5.13 Å². The van der Waals surface area contributed by atoms with Crippen molar-refractivity contribution in [2.75, 3.05) is 44.2 Å². The van der Waals surface area contributed by atoms with E-state index < -0.39 is 10.0 Å². The minimum absolute atomic E-state index is 0. The molecule has 1 heterocycles. The molecule has 10 heteroatoms. The number of aromatic nitrogens is 1. The van der Waals surface area contributed by atoms with Crippen molar-refractivity contribution in [3.05, 3.63) is 78.4 Å². The molecule has 0 radical (unpaired) electrons. The van der Waals surface area contributed by atoms with Crippen LogP contribution in [0.2, 0.25) is 0 Å². The highest BCUT2D eigenvalue weighted by molar-refractivity contribution is 7.89. The second kappa shape index (κ2) is 14.0. The van der Waals surface area contributed by atoms with Gasteiger partial charge in [0.25, 0.3) is 5.91 Å². The van der Waals surface area contributed by atoms with E-state index >= 15 is 0 Å². The van der Waals surface area contributed by atoms with Gasteiger partial charge in [-0.3, -0.25) is 9.69 Å². The number of rotatable bonds is 13. The molecule has 2 aromatic carbocycles. The van der Waals surface area contributed by atoms with Gasteiger partial charge in [-0.05, 0) is 68.4 Å². The average molecular weight is 577 g/mol. The number of carbonyl (C=O) groups excluding carboxylic acids is 1. The largest absolute Gasteiger partial charge is 0.302 e. The van der Waals surface area contributed by atoms with Crippen LogP contribution in [-0.2, 0) is 10.0 Å². The molecule has 0 saturated heterocycles. The summed E-state index contributed by atoms with van der Waals surface area (Å²) in [7, 11) is -3.75. The minimum Gasteiger partial charge on any atom is -0.302 e. The average Bonchev–Trinajstić information content (AvgIpc) is 3.30. The molecule has 38 heavy (non-hydrogen) atoms. The third kappa shape index (κ3) is 7.09. The van der Waals surface area contributed by atoms with Crippen molar-refractivity contribution in [2.45, 2.75) is 32.6 Å². The van der Waals surface area contributed by atoms with E-state index in [0.29, 0.717) is 23.8 Å². The number of hydrogen-bond acceptors (Lipinski definition) is 6. The van der Waals surface area contributed by atoms with E-state index in [4.69, 9.17) is 4.98 Å². The normalized spacial score (nSPS) is 11.5. The Balaban J connectivity index is 0.00000507. The summed E-state index contributed by atoms with van der Waals surface area (Å²) in [6.07, 6.45) is 3.07. The van der Waals surface area contributed by atoms with Crippen LogP contribution in [0.3, 0.4) is 0 Å². The number of fused-ring (bicyclic) bond motifs is 1. The van der Waals surface area contributed by atoms with E-state index in [1.54, 1.807) is 17.0 Å². The van der Waals surface area contributed by atoms with E-state index in [1.807, 2.05) is 6.92 Å². The standard InChI is InChI=1S/C28H36N4O3S2.ClH/c1-7-15-31(16-8-2)37(34,35)24-13-11-23(12-14-24)27(33)32(18-17-30(9-3)10-4)28-29-26-22(6)19-21(5)20-25(26)36-28;/h7-8,11-14,19-20H,1-2,9-10,15-18H2,3-6H3;1H. The summed E-state index contributed by atoms with van der Waals surface area (Å²) < 4.78 is 28.5. The van der Waals surface area contributed by atoms with Crippen LogP contribution >= 0.6 is 23.7 Å². The quantitative estimate of drug-likeness (QED) is 0.245. The number of nitrogens with zero attached hydrogens (tertiary/aromatic N) is 4. The number of thiazole rings is 1. The lowest BCUT2D eigenvalue weighted by Gasteiger charge is -2.25. The Labute approximate surface area is 236 Å². The summed E-state index contributed by atoms with van der Waals surface area (Å²) in [5, 5.41) is 0.640. The van der Waals surface area contributed by atoms with Gasteiger partial charge in [-0.15, -0.1) is 25.6 Å². The van der Waals surface area contributed by atoms with Gasteiger partial charge in [0, 0.05) is 31.7 Å². The molecule has 3 aromatic rings. The molecule has 0 aliphatic rings. The van der Waals surface area contributed by atoms with Gasteiger partial charge < -0.3 is 4.90 Å². The first-order chi connectivity index (χ1) is 17.7. The fourth-order valence-electron chi connectivity index (χ4n) is 4.17. The van der Waals surface area contributed by atoms with Crippen LogP contribution in [0.15, 0.2) is 66.6 Å². The van der Waals surface area contributed by atoms with E-state index in [2.05, 4.69) is 51.0 Å². The molecule has 0 fully saturated rings. The maximum Gasteiger partial charge on any atom is 0.260 e. The van der Waals surface area contributed by atoms with E-state index in [-0.39, 0.29) is 36.3 Å². The molecule has 0 saturated carbocycles. The van der Waals surface area contributed by atoms with Crippen molar-refractivity contribution in [1.29, 1.82) is 0 Å². The van der Waals surface area contributed by atoms with Gasteiger partial charge in [-0.1, -0.05) is 43.4 Å². The van der Waals surface area contributed by atoms with Crippen molar-refractivity contribution in [3.8, 4) is 0 Å². The Morgan fingerprint density at radius 2 is 1.61 bits per heavy atom. The Hall–Kier alpha value is -2.56. The number of aryl methyl sites for hydroxylation is 2. The summed E-state index contributed by atoms with van der Waals surface area (Å²) in [5.41, 5.74) is 3.54. The van der Waals surface area contributed by atoms with Gasteiger partial charge >= 0.3 is 0 Å². The SMILES string of the molecule is C=CCN(CC=C)S(=O)(=O)c1ccc(C(=O)N(CCN(CC)CC)c2nc3c(C)cc(C)cc3s2)cc1.Cl. The van der Waals surface area contributed by atoms with Crippen LogP contribution in [0.4, 0.5) is 5.13 Å². The summed E-state index contributed by atoms with van der Waals surface area (Å²) in [4.78, 5) is 22.7. The second-order valence-electron chi connectivity index (χ2n) is 8.83. The monoisotopic (exact) mass is 576 g/mol. The molecule has 0 unspecified atom stereocenters. The number of sulfonamides is 1. The van der Waals surface area contributed by atoms with Gasteiger partial charge in [0.1, 0.15) is 0 Å². The molecule has 3 rings (SSSR count). The number of halogens is 1. The molecule has 0 aliphatic heterocycles. The maximum atomic E-state index is 13.8. The van der Waals surface area contributed by atoms with Gasteiger partial charge in [-0.25, -0.2) is 13.4 Å². The van der Waals surface area contributed by atoms with Crippen molar-refractivity contribution in [1.82, 2.24) is 14.2 Å². The van der Waals surface area contributed by atoms with Crippen LogP contribution in [0.1, 0.15) is 35.3 Å². The van der Waals surface area contributed by atoms with Crippen LogP contribution in [0.25, 0.3) is 10.2 Å². The Morgan fingerprint density at radius 1 is 1.00 bits per heavy atom. The van der Waals surface area contributed by atoms with Gasteiger partial charge in [0.05, 0.1) is 15.1 Å². The zero-order chi connectivity index (χ0) is 27.2. The van der Waals surface area contributed by atoms with Gasteiger partial charge in [-0.2, -0.15) is 4.31 Å². The Bertz CT molecular complexity index is 1360. The highest BCUT2D eigenvalue weighted by atomic mass is 35.5. The molecule has 1 amide bonds. The zero-order valence-electron chi connectivity index (χ0n) is 22.5.